The Bertz CT molecular complexity index is 4090. The quantitative estimate of drug-likeness (QED) is 0.0151. The van der Waals surface area contributed by atoms with Crippen molar-refractivity contribution in [2.75, 3.05) is 51.1 Å². The molecular weight excluding hydrogens is 1490 g/mol. The molecule has 0 spiro atoms. The number of likely N-dealkylation sites (N-methyl/N-ethyl adjacent to an activating group) is 2. The van der Waals surface area contributed by atoms with Gasteiger partial charge < -0.3 is 82.7 Å². The van der Waals surface area contributed by atoms with Gasteiger partial charge in [-0.25, -0.2) is 9.59 Å². The average Bonchev–Trinajstić information content (AvgIpc) is 1.21. The third kappa shape index (κ3) is 27.4. The highest BCUT2D eigenvalue weighted by Gasteiger charge is 2.43. The smallest absolute Gasteiger partial charge is 0.411 e. The second-order valence-electron chi connectivity index (χ2n) is 31.2. The molecule has 6 rings (SSSR count). The number of nitrogens with zero attached hydrogens (tertiary/aromatic N) is 4. The van der Waals surface area contributed by atoms with Crippen molar-refractivity contribution >= 4 is 88.5 Å². The second kappa shape index (κ2) is 46.0. The van der Waals surface area contributed by atoms with Crippen molar-refractivity contribution < 1.29 is 82.0 Å². The van der Waals surface area contributed by atoms with Gasteiger partial charge in [0.1, 0.15) is 30.2 Å². The maximum absolute atomic E-state index is 15.0. The Hall–Kier alpha value is -10.9. The number of aliphatic hydroxyl groups is 1. The van der Waals surface area contributed by atoms with Crippen LogP contribution in [0.15, 0.2) is 103 Å². The van der Waals surface area contributed by atoms with Crippen LogP contribution in [0.25, 0.3) is 0 Å². The SMILES string of the molecule is CC[C@H](C)[C@@H](CCC(=O)N1CCC[C@H]1[C@H](OC)[C@@H](C)C(=O)N[C@H](C)[C@@H](O)c1ccccc1)N(C)C(=O)[C@@H](NC(=O)[C@H](C(C)C)N(C)C(=O)OC(C(=O)NCCCCCC(=O)N1Cc2ccccc2C#Cc2ccccc21)c1ccc(NC(=O)[C@H](CCCNC(N)=O)NC(=O)[C@@H](NC(=O)[C@H](CCC(=O)O)NC(C)=O)C(C)C)cc1)C(C)C. The molecule has 2 heterocycles. The lowest BCUT2D eigenvalue weighted by atomic mass is 9.91. The summed E-state index contributed by atoms with van der Waals surface area (Å²) in [6.07, 6.45) is -1.33. The molecule has 0 radical (unpaired) electrons. The molecule has 1 unspecified atom stereocenters. The average molecular weight is 1610 g/mol. The number of ether oxygens (including phenoxy) is 2. The maximum atomic E-state index is 15.0. The number of nitrogens with two attached hydrogens (primary N) is 1. The molecule has 0 aromatic heterocycles. The van der Waals surface area contributed by atoms with Gasteiger partial charge in [0.05, 0.1) is 42.4 Å². The van der Waals surface area contributed by atoms with Gasteiger partial charge in [0, 0.05) is 95.4 Å². The lowest BCUT2D eigenvalue weighted by Crippen LogP contribution is -2.58. The number of carboxylic acid groups (broad SMARTS) is 1. The van der Waals surface area contributed by atoms with Crippen molar-refractivity contribution in [2.24, 2.45) is 35.3 Å². The summed E-state index contributed by atoms with van der Waals surface area (Å²) in [5.74, 6) is -2.81. The summed E-state index contributed by atoms with van der Waals surface area (Å²) in [5, 5.41) is 41.9. The van der Waals surface area contributed by atoms with E-state index >= 15 is 0 Å². The Balaban J connectivity index is 1.19. The van der Waals surface area contributed by atoms with Crippen LogP contribution in [0.4, 0.5) is 21.0 Å². The number of benzene rings is 4. The lowest BCUT2D eigenvalue weighted by molar-refractivity contribution is -0.142. The third-order valence-electron chi connectivity index (χ3n) is 21.5. The largest absolute Gasteiger partial charge is 0.481 e. The first kappa shape index (κ1) is 93.9. The maximum Gasteiger partial charge on any atom is 0.411 e. The number of likely N-dealkylation sites (tertiary alicyclic amines) is 1. The molecule has 0 aliphatic carbocycles. The van der Waals surface area contributed by atoms with Gasteiger partial charge in [0.15, 0.2) is 0 Å². The predicted molar refractivity (Wildman–Crippen MR) is 438 cm³/mol. The fourth-order valence-corrected chi connectivity index (χ4v) is 14.7. The summed E-state index contributed by atoms with van der Waals surface area (Å²) < 4.78 is 12.1. The number of primary amides is 1. The number of aliphatic hydroxyl groups excluding tert-OH is 1. The summed E-state index contributed by atoms with van der Waals surface area (Å²) in [6.45, 7) is 19.6. The molecule has 13 amide bonds. The number of hydrogen-bond acceptors (Lipinski definition) is 16. The molecule has 116 heavy (non-hydrogen) atoms. The number of urea groups is 1. The van der Waals surface area contributed by atoms with Gasteiger partial charge in [-0.1, -0.05) is 160 Å². The number of methoxy groups -OCH3 is 1. The molecule has 30 nitrogen and oxygen atoms in total. The molecular formula is C86H121N13O17. The molecule has 632 valence electrons. The Kier molecular flexibility index (Phi) is 37.2. The molecule has 0 bridgehead atoms. The van der Waals surface area contributed by atoms with Crippen LogP contribution in [0.5, 0.6) is 0 Å². The number of rotatable bonds is 43. The zero-order valence-corrected chi connectivity index (χ0v) is 69.5. The van der Waals surface area contributed by atoms with Crippen LogP contribution in [0, 0.1) is 41.4 Å². The number of carbonyl (C=O) groups excluding carboxylic acids is 12. The standard InChI is InChI=1S/C86H121N13O17/c1-15-54(8)66(44-45-70(102)98-49-27-35-68(98)76(115-14)55(9)78(106)90-56(10)75(105)60-30-18-16-19-31-60)96(12)84(112)73(52(4)5)95-82(110)74(53(6)7)97(13)86(114)116-77(83(111)88-47-25-17-20-36-69(101)99-50-62-32-22-21-28-58(62)37-38-59-29-23-24-34-67(59)99)61-39-41-63(42-40-61)92-79(107)64(33-26-48-89-85(87)113)93-81(109)72(51(2)3)94-80(108)65(91-57(11)100)43-46-71(103)104/h16,18-19,21-24,28-32,34,39-42,51-56,64-66,68,72-77,105H,15,17,20,25-27,33,35-36,43-50H2,1-14H3,(H,88,111)(H,90,106)(H,91,100)(H,92,107)(H,93,109)(H,94,108)(H,95,110)(H,103,104)(H3,87,89,113)/t54-,55+,56+,64-,65-,66+,68-,72-,73-,74-,75+,76+,77?/m0/s1. The molecule has 12 N–H and O–H groups in total. The fourth-order valence-electron chi connectivity index (χ4n) is 14.7. The van der Waals surface area contributed by atoms with Crippen molar-refractivity contribution in [1.82, 2.24) is 51.9 Å². The third-order valence-corrected chi connectivity index (χ3v) is 21.5. The zero-order valence-electron chi connectivity index (χ0n) is 69.5. The number of amides is 13. The summed E-state index contributed by atoms with van der Waals surface area (Å²) in [5.41, 5.74) is 9.36. The summed E-state index contributed by atoms with van der Waals surface area (Å²) >= 11 is 0. The number of carboxylic acids is 1. The molecule has 4 aromatic carbocycles. The molecule has 2 aliphatic heterocycles. The van der Waals surface area contributed by atoms with Crippen molar-refractivity contribution in [3.05, 3.63) is 131 Å². The number of nitrogens with one attached hydrogen (secondary N) is 8. The molecule has 4 aromatic rings. The van der Waals surface area contributed by atoms with Gasteiger partial charge >= 0.3 is 18.1 Å². The van der Waals surface area contributed by atoms with Crippen LogP contribution >= 0.6 is 0 Å². The van der Waals surface area contributed by atoms with Crippen LogP contribution in [-0.4, -0.2) is 197 Å². The normalized spacial score (nSPS) is 16.1. The van der Waals surface area contributed by atoms with Crippen molar-refractivity contribution in [2.45, 2.75) is 233 Å². The van der Waals surface area contributed by atoms with Crippen LogP contribution in [0.3, 0.4) is 0 Å². The number of aliphatic carboxylic acids is 1. The van der Waals surface area contributed by atoms with Crippen LogP contribution in [0.2, 0.25) is 0 Å². The molecule has 30 heteroatoms. The summed E-state index contributed by atoms with van der Waals surface area (Å²) in [6, 6.07) is 21.2. The van der Waals surface area contributed by atoms with E-state index in [1.165, 1.54) is 38.4 Å². The molecule has 13 atom stereocenters. The highest BCUT2D eigenvalue weighted by molar-refractivity contribution is 6.00. The van der Waals surface area contributed by atoms with Gasteiger partial charge in [-0.2, -0.15) is 0 Å². The van der Waals surface area contributed by atoms with Crippen LogP contribution in [0.1, 0.15) is 200 Å². The van der Waals surface area contributed by atoms with E-state index in [9.17, 15) is 72.5 Å². The number of hydrogen-bond donors (Lipinski definition) is 11. The highest BCUT2D eigenvalue weighted by atomic mass is 16.6. The van der Waals surface area contributed by atoms with Crippen molar-refractivity contribution in [3.63, 3.8) is 0 Å². The van der Waals surface area contributed by atoms with E-state index in [1.807, 2.05) is 80.6 Å². The van der Waals surface area contributed by atoms with Crippen LogP contribution in [-0.2, 0) is 68.8 Å². The van der Waals surface area contributed by atoms with E-state index in [-0.39, 0.29) is 86.5 Å². The molecule has 1 fully saturated rings. The number of unbranched alkanes of at least 4 members (excludes halogenated alkanes) is 2. The topological polar surface area (TPSA) is 416 Å². The Morgan fingerprint density at radius 2 is 1.22 bits per heavy atom. The minimum Gasteiger partial charge on any atom is -0.481 e. The fraction of sp³-hybridized carbons (Fsp3) is 0.547. The minimum absolute atomic E-state index is 0.00549. The van der Waals surface area contributed by atoms with Crippen LogP contribution < -0.4 is 53.2 Å². The number of fused-ring (bicyclic) bond motifs is 2. The van der Waals surface area contributed by atoms with E-state index in [4.69, 9.17) is 15.2 Å². The molecule has 2 aliphatic rings. The number of para-hydroxylation sites is 1. The molecule has 0 saturated carbocycles. The van der Waals surface area contributed by atoms with E-state index < -0.39 is 156 Å². The van der Waals surface area contributed by atoms with Gasteiger partial charge in [-0.3, -0.25) is 57.6 Å². The lowest BCUT2D eigenvalue weighted by Gasteiger charge is -2.38. The van der Waals surface area contributed by atoms with Gasteiger partial charge in [0.2, 0.25) is 59.3 Å². The first-order valence-corrected chi connectivity index (χ1v) is 40.3. The van der Waals surface area contributed by atoms with E-state index in [0.29, 0.717) is 62.9 Å². The Labute approximate surface area is 681 Å². The predicted octanol–water partition coefficient (Wildman–Crippen LogP) is 7.50. The number of carbonyl (C=O) groups is 13. The summed E-state index contributed by atoms with van der Waals surface area (Å²) in [4.78, 5) is 185. The van der Waals surface area contributed by atoms with E-state index in [0.717, 1.165) is 28.5 Å². The van der Waals surface area contributed by atoms with Gasteiger partial charge in [0.25, 0.3) is 5.91 Å². The van der Waals surface area contributed by atoms with Gasteiger partial charge in [-0.05, 0) is 123 Å². The molecule has 1 saturated heterocycles. The first-order chi connectivity index (χ1) is 55.1. The zero-order chi connectivity index (χ0) is 85.6. The Morgan fingerprint density at radius 1 is 0.595 bits per heavy atom. The monoisotopic (exact) mass is 1610 g/mol. The second-order valence-corrected chi connectivity index (χ2v) is 31.2. The number of anilines is 2. The highest BCUT2D eigenvalue weighted by Crippen LogP contribution is 2.32. The van der Waals surface area contributed by atoms with E-state index in [1.54, 1.807) is 89.3 Å². The van der Waals surface area contributed by atoms with Gasteiger partial charge in [-0.15, -0.1) is 0 Å². The minimum atomic E-state index is -1.70. The first-order valence-electron chi connectivity index (χ1n) is 40.3. The summed E-state index contributed by atoms with van der Waals surface area (Å²) in [7, 11) is 4.50. The van der Waals surface area contributed by atoms with Crippen molar-refractivity contribution in [1.29, 1.82) is 0 Å². The van der Waals surface area contributed by atoms with Crippen molar-refractivity contribution in [3.8, 4) is 11.8 Å². The Morgan fingerprint density at radius 3 is 1.84 bits per heavy atom. The van der Waals surface area contributed by atoms with E-state index in [2.05, 4.69) is 54.4 Å².